The molecule has 1 radical (unpaired) electrons. The number of pyridine rings is 1. The number of aliphatic hydroxyl groups excluding tert-OH is 1. The second-order valence-corrected chi connectivity index (χ2v) is 6.38. The SMILES string of the molecule is [Cu+2].[O-][Cl+3]([O-])([O-])[O-].[O-]c1ccccc1C=NCCN(CCCO)Cc1ccccn1. The Hall–Kier alpha value is -1.59. The summed E-state index contributed by atoms with van der Waals surface area (Å²) in [6, 6.07) is 12.7. The molecule has 1 N–H and O–H groups in total. The van der Waals surface area contributed by atoms with E-state index >= 15 is 0 Å². The molecule has 2 aromatic rings. The van der Waals surface area contributed by atoms with Crippen LogP contribution in [-0.4, -0.2) is 47.4 Å². The number of para-hydroxylation sites is 1. The van der Waals surface area contributed by atoms with Crippen LogP contribution in [0.15, 0.2) is 53.7 Å². The minimum Gasteiger partial charge on any atom is -0.872 e. The first kappa shape index (κ1) is 27.4. The van der Waals surface area contributed by atoms with Crippen molar-refractivity contribution in [1.29, 1.82) is 0 Å². The van der Waals surface area contributed by atoms with Gasteiger partial charge in [-0.3, -0.25) is 14.9 Å². The van der Waals surface area contributed by atoms with E-state index in [-0.39, 0.29) is 29.4 Å². The Morgan fingerprint density at radius 3 is 2.28 bits per heavy atom. The molecule has 0 aliphatic carbocycles. The predicted molar refractivity (Wildman–Crippen MR) is 89.6 cm³/mol. The van der Waals surface area contributed by atoms with Gasteiger partial charge in [0.1, 0.15) is 0 Å². The van der Waals surface area contributed by atoms with Crippen molar-refractivity contribution in [3.05, 3.63) is 59.9 Å². The summed E-state index contributed by atoms with van der Waals surface area (Å²) in [5, 5.41) is 20.6. The van der Waals surface area contributed by atoms with E-state index in [1.54, 1.807) is 24.5 Å². The van der Waals surface area contributed by atoms with Crippen molar-refractivity contribution >= 4 is 6.21 Å². The summed E-state index contributed by atoms with van der Waals surface area (Å²) >= 11 is 0. The maximum Gasteiger partial charge on any atom is 2.00 e. The molecule has 0 atom stereocenters. The van der Waals surface area contributed by atoms with Crippen LogP contribution in [0, 0.1) is 10.2 Å². The molecule has 0 aliphatic rings. The number of hydrogen-bond acceptors (Lipinski definition) is 9. The van der Waals surface area contributed by atoms with Crippen LogP contribution in [0.25, 0.3) is 0 Å². The van der Waals surface area contributed by atoms with Gasteiger partial charge in [-0.1, -0.05) is 30.3 Å². The smallest absolute Gasteiger partial charge is 0.872 e. The largest absolute Gasteiger partial charge is 2.00 e. The van der Waals surface area contributed by atoms with Gasteiger partial charge in [-0.05, 0) is 24.1 Å². The van der Waals surface area contributed by atoms with Gasteiger partial charge in [0.15, 0.2) is 0 Å². The van der Waals surface area contributed by atoms with Crippen LogP contribution in [0.2, 0.25) is 0 Å². The van der Waals surface area contributed by atoms with E-state index in [1.165, 1.54) is 6.07 Å². The fraction of sp³-hybridized carbons (Fsp3) is 0.333. The first-order valence-corrected chi connectivity index (χ1v) is 9.64. The molecule has 0 amide bonds. The van der Waals surface area contributed by atoms with E-state index in [9.17, 15) is 5.11 Å². The topological polar surface area (TPSA) is 164 Å². The van der Waals surface area contributed by atoms with E-state index in [1.807, 2.05) is 24.3 Å². The van der Waals surface area contributed by atoms with Crippen LogP contribution in [-0.2, 0) is 23.6 Å². The first-order valence-electron chi connectivity index (χ1n) is 8.40. The van der Waals surface area contributed by atoms with Crippen molar-refractivity contribution in [2.24, 2.45) is 4.99 Å². The molecule has 0 aliphatic heterocycles. The molecule has 1 aromatic carbocycles. The quantitative estimate of drug-likeness (QED) is 0.291. The van der Waals surface area contributed by atoms with Gasteiger partial charge in [-0.2, -0.15) is 0 Å². The van der Waals surface area contributed by atoms with Gasteiger partial charge in [-0.25, -0.2) is 18.6 Å². The monoisotopic (exact) mass is 474 g/mol. The van der Waals surface area contributed by atoms with Gasteiger partial charge >= 0.3 is 17.1 Å². The van der Waals surface area contributed by atoms with E-state index in [0.717, 1.165) is 31.7 Å². The molecule has 1 aromatic heterocycles. The molecule has 11 heteroatoms. The Bertz CT molecular complexity index is 697. The van der Waals surface area contributed by atoms with Crippen molar-refractivity contribution in [2.45, 2.75) is 13.0 Å². The number of aliphatic hydroxyl groups is 1. The summed E-state index contributed by atoms with van der Waals surface area (Å²) in [7, 11) is -4.94. The van der Waals surface area contributed by atoms with Crippen molar-refractivity contribution in [2.75, 3.05) is 26.2 Å². The Morgan fingerprint density at radius 2 is 1.69 bits per heavy atom. The second-order valence-electron chi connectivity index (χ2n) is 5.63. The summed E-state index contributed by atoms with van der Waals surface area (Å²) in [4.78, 5) is 10.9. The number of aromatic nitrogens is 1. The molecule has 0 spiro atoms. The maximum absolute atomic E-state index is 11.6. The maximum atomic E-state index is 11.6. The fourth-order valence-corrected chi connectivity index (χ4v) is 2.23. The zero-order valence-electron chi connectivity index (χ0n) is 15.4. The number of benzene rings is 1. The third-order valence-electron chi connectivity index (χ3n) is 3.44. The van der Waals surface area contributed by atoms with Gasteiger partial charge in [-0.15, -0.1) is 16.0 Å². The molecule has 0 saturated carbocycles. The van der Waals surface area contributed by atoms with Gasteiger partial charge < -0.3 is 10.2 Å². The molecule has 9 nitrogen and oxygen atoms in total. The van der Waals surface area contributed by atoms with Crippen molar-refractivity contribution in [3.8, 4) is 5.75 Å². The van der Waals surface area contributed by atoms with Crippen LogP contribution in [0.5, 0.6) is 5.75 Å². The van der Waals surface area contributed by atoms with Crippen molar-refractivity contribution in [3.63, 3.8) is 0 Å². The zero-order chi connectivity index (χ0) is 20.8. The van der Waals surface area contributed by atoms with E-state index in [2.05, 4.69) is 14.9 Å². The summed E-state index contributed by atoms with van der Waals surface area (Å²) in [5.74, 6) is -0.0122. The molecular weight excluding hydrogens is 453 g/mol. The Labute approximate surface area is 182 Å². The molecule has 1 heterocycles. The van der Waals surface area contributed by atoms with E-state index < -0.39 is 10.2 Å². The van der Waals surface area contributed by atoms with Crippen molar-refractivity contribution < 1.29 is 56.2 Å². The number of halogens is 1. The van der Waals surface area contributed by atoms with Gasteiger partial charge in [0, 0.05) is 38.7 Å². The average molecular weight is 475 g/mol. The summed E-state index contributed by atoms with van der Waals surface area (Å²) in [5.41, 5.74) is 1.61. The molecule has 0 saturated heterocycles. The van der Waals surface area contributed by atoms with E-state index in [0.29, 0.717) is 12.1 Å². The third kappa shape index (κ3) is 15.0. The molecule has 0 bridgehead atoms. The second kappa shape index (κ2) is 15.3. The van der Waals surface area contributed by atoms with Crippen LogP contribution in [0.3, 0.4) is 0 Å². The number of hydrogen-bond donors (Lipinski definition) is 1. The summed E-state index contributed by atoms with van der Waals surface area (Å²) in [6.07, 6.45) is 4.14. The first-order chi connectivity index (χ1) is 13.3. The molecule has 29 heavy (non-hydrogen) atoms. The van der Waals surface area contributed by atoms with E-state index in [4.69, 9.17) is 23.7 Å². The zero-order valence-corrected chi connectivity index (χ0v) is 17.1. The third-order valence-corrected chi connectivity index (χ3v) is 3.44. The molecular formula is C18H22ClCuN3O6. The van der Waals surface area contributed by atoms with Gasteiger partial charge in [0.05, 0.1) is 12.2 Å². The average Bonchev–Trinajstić information content (AvgIpc) is 2.64. The van der Waals surface area contributed by atoms with Gasteiger partial charge in [0.2, 0.25) is 0 Å². The Balaban J connectivity index is 0.00000117. The predicted octanol–water partition coefficient (Wildman–Crippen LogP) is -3.30. The standard InChI is InChI=1S/C18H23N3O2.ClHO4.Cu/c22-13-5-11-21(15-17-7-3-4-9-20-17)12-10-19-14-16-6-1-2-8-18(16)23;2-1(3,4)5;/h1-4,6-9,14,22-23H,5,10-13,15H2;(H,2,3,4,5);/q;;+2/p-2. The normalized spacial score (nSPS) is 11.1. The molecule has 2 rings (SSSR count). The number of rotatable bonds is 9. The number of aliphatic imine (C=N–C) groups is 1. The van der Waals surface area contributed by atoms with Crippen LogP contribution < -0.4 is 23.7 Å². The molecule has 0 unspecified atom stereocenters. The van der Waals surface area contributed by atoms with Crippen LogP contribution in [0.4, 0.5) is 0 Å². The summed E-state index contributed by atoms with van der Waals surface area (Å²) < 4.78 is 34.0. The minimum atomic E-state index is -4.94. The molecule has 163 valence electrons. The summed E-state index contributed by atoms with van der Waals surface area (Å²) in [6.45, 7) is 3.06. The van der Waals surface area contributed by atoms with Gasteiger partial charge in [0.25, 0.3) is 0 Å². The van der Waals surface area contributed by atoms with Crippen LogP contribution >= 0.6 is 0 Å². The Kier molecular flexibility index (Phi) is 14.4. The fourth-order valence-electron chi connectivity index (χ4n) is 2.23. The van der Waals surface area contributed by atoms with Crippen molar-refractivity contribution in [1.82, 2.24) is 9.88 Å². The molecule has 0 fully saturated rings. The Morgan fingerprint density at radius 1 is 1.03 bits per heavy atom. The minimum absolute atomic E-state index is 0. The van der Waals surface area contributed by atoms with Crippen LogP contribution in [0.1, 0.15) is 17.7 Å². The number of nitrogens with zero attached hydrogens (tertiary/aromatic N) is 3.